The van der Waals surface area contributed by atoms with E-state index in [1.54, 1.807) is 0 Å². The van der Waals surface area contributed by atoms with Gasteiger partial charge in [0.05, 0.1) is 0 Å². The molecule has 0 N–H and O–H groups in total. The summed E-state index contributed by atoms with van der Waals surface area (Å²) in [5, 5.41) is 5.36. The molecular formula is C52H52Cl2SiZr. The second-order valence-electron chi connectivity index (χ2n) is 14.8. The van der Waals surface area contributed by atoms with Crippen LogP contribution in [0, 0.1) is 13.8 Å². The van der Waals surface area contributed by atoms with Crippen LogP contribution in [0.3, 0.4) is 0 Å². The third-order valence-corrected chi connectivity index (χ3v) is 9.94. The second-order valence-corrected chi connectivity index (χ2v) is 19.6. The second kappa shape index (κ2) is 21.1. The molecule has 0 aromatic heterocycles. The van der Waals surface area contributed by atoms with Gasteiger partial charge in [0.2, 0.25) is 0 Å². The molecule has 282 valence electrons. The fourth-order valence-electron chi connectivity index (χ4n) is 7.62. The summed E-state index contributed by atoms with van der Waals surface area (Å²) in [5.41, 5.74) is 16.1. The Bertz CT molecular complexity index is 2260. The molecule has 4 heteroatoms. The Morgan fingerprint density at radius 3 is 1.12 bits per heavy atom. The maximum atomic E-state index is 4.93. The number of benzene rings is 6. The van der Waals surface area contributed by atoms with Crippen molar-refractivity contribution in [3.8, 4) is 44.5 Å². The molecule has 0 fully saturated rings. The molecule has 0 atom stereocenters. The number of hydrogen-bond donors (Lipinski definition) is 0. The van der Waals surface area contributed by atoms with Crippen molar-refractivity contribution in [1.82, 2.24) is 0 Å². The Hall–Kier alpha value is -3.78. The minimum absolute atomic E-state index is 0.492. The van der Waals surface area contributed by atoms with E-state index in [0.29, 0.717) is 11.8 Å². The summed E-state index contributed by atoms with van der Waals surface area (Å²) >= 11 is -0.826. The molecule has 2 radical (unpaired) electrons. The first kappa shape index (κ1) is 43.3. The molecular weight excluding hydrogens is 815 g/mol. The normalized spacial score (nSPS) is 10.6. The number of halogens is 2. The maximum absolute atomic E-state index is 4.93. The monoisotopic (exact) mass is 864 g/mol. The number of fused-ring (bicyclic) bond motifs is 2. The average Bonchev–Trinajstić information content (AvgIpc) is 3.79. The van der Waals surface area contributed by atoms with E-state index in [-0.39, 0.29) is 0 Å². The van der Waals surface area contributed by atoms with E-state index in [1.807, 2.05) is 0 Å². The van der Waals surface area contributed by atoms with Crippen molar-refractivity contribution < 1.29 is 20.8 Å². The van der Waals surface area contributed by atoms with E-state index in [2.05, 4.69) is 212 Å². The van der Waals surface area contributed by atoms with Gasteiger partial charge in [-0.2, -0.15) is 12.1 Å². The van der Waals surface area contributed by atoms with Gasteiger partial charge in [-0.1, -0.05) is 187 Å². The molecule has 8 rings (SSSR count). The van der Waals surface area contributed by atoms with Gasteiger partial charge in [0.25, 0.3) is 0 Å². The molecule has 0 nitrogen and oxygen atoms in total. The molecule has 0 bridgehead atoms. The minimum atomic E-state index is -0.826. The molecule has 0 amide bonds. The predicted molar refractivity (Wildman–Crippen MR) is 248 cm³/mol. The van der Waals surface area contributed by atoms with Gasteiger partial charge in [0.1, 0.15) is 0 Å². The predicted octanol–water partition coefficient (Wildman–Crippen LogP) is 16.8. The van der Waals surface area contributed by atoms with Crippen LogP contribution in [0.25, 0.3) is 66.1 Å². The number of rotatable bonds is 6. The first-order valence-electron chi connectivity index (χ1n) is 19.4. The van der Waals surface area contributed by atoms with Crippen molar-refractivity contribution >= 4 is 48.1 Å². The number of aryl methyl sites for hydroxylation is 2. The standard InChI is InChI=1S/2C25H23.C2H6Si.2ClH.Zr/c2*1-17(2)21-11-7-8-12-23(21)25-22(19-9-5-4-6-10-19)14-13-20-15-18(3)16-24(20)25;1-3-2;;;/h2*4-17H,1-3H3;1-2H3;2*1H;/q2*-1;;;;+4/p-2. The first-order chi connectivity index (χ1) is 27.1. The molecule has 0 saturated heterocycles. The van der Waals surface area contributed by atoms with E-state index in [4.69, 9.17) is 17.0 Å². The van der Waals surface area contributed by atoms with Crippen molar-refractivity contribution in [2.24, 2.45) is 0 Å². The summed E-state index contributed by atoms with van der Waals surface area (Å²) in [7, 11) is 11.0. The Morgan fingerprint density at radius 1 is 0.464 bits per heavy atom. The summed E-state index contributed by atoms with van der Waals surface area (Å²) in [4.78, 5) is 0. The van der Waals surface area contributed by atoms with Crippen LogP contribution in [0.5, 0.6) is 0 Å². The van der Waals surface area contributed by atoms with Gasteiger partial charge in [0, 0.05) is 9.52 Å². The van der Waals surface area contributed by atoms with Crippen molar-refractivity contribution in [1.29, 1.82) is 0 Å². The topological polar surface area (TPSA) is 0 Å². The summed E-state index contributed by atoms with van der Waals surface area (Å²) in [5.74, 6) is 0.984. The van der Waals surface area contributed by atoms with Crippen molar-refractivity contribution in [2.75, 3.05) is 0 Å². The van der Waals surface area contributed by atoms with E-state index in [1.165, 1.54) is 88.3 Å². The average molecular weight is 867 g/mol. The molecule has 8 aromatic carbocycles. The molecule has 0 saturated carbocycles. The Balaban J connectivity index is 0.000000188. The zero-order valence-electron chi connectivity index (χ0n) is 33.9. The van der Waals surface area contributed by atoms with E-state index < -0.39 is 20.8 Å². The summed E-state index contributed by atoms with van der Waals surface area (Å²) < 4.78 is 0. The van der Waals surface area contributed by atoms with E-state index >= 15 is 0 Å². The fourth-order valence-corrected chi connectivity index (χ4v) is 7.62. The number of hydrogen-bond acceptors (Lipinski definition) is 0. The van der Waals surface area contributed by atoms with Crippen molar-refractivity contribution in [2.45, 2.75) is 66.5 Å². The Morgan fingerprint density at radius 2 is 0.786 bits per heavy atom. The summed E-state index contributed by atoms with van der Waals surface area (Å²) in [6.07, 6.45) is 0. The van der Waals surface area contributed by atoms with Crippen LogP contribution in [-0.2, 0) is 20.8 Å². The fraction of sp³-hybridized carbons (Fsp3) is 0.192. The Kier molecular flexibility index (Phi) is 16.3. The third kappa shape index (κ3) is 10.4. The Labute approximate surface area is 357 Å². The quantitative estimate of drug-likeness (QED) is 0.115. The van der Waals surface area contributed by atoms with Gasteiger partial charge < -0.3 is 0 Å². The summed E-state index contributed by atoms with van der Waals surface area (Å²) in [6.45, 7) is 17.8. The zero-order valence-corrected chi connectivity index (χ0v) is 38.9. The molecule has 0 heterocycles. The van der Waals surface area contributed by atoms with Crippen LogP contribution in [-0.4, -0.2) is 9.52 Å². The summed E-state index contributed by atoms with van der Waals surface area (Å²) in [6, 6.07) is 57.5. The van der Waals surface area contributed by atoms with E-state index in [9.17, 15) is 0 Å². The van der Waals surface area contributed by atoms with Gasteiger partial charge in [-0.15, -0.1) is 56.9 Å². The van der Waals surface area contributed by atoms with Crippen molar-refractivity contribution in [3.05, 3.63) is 180 Å². The van der Waals surface area contributed by atoms with Crippen LogP contribution in [0.2, 0.25) is 13.1 Å². The van der Waals surface area contributed by atoms with Crippen LogP contribution in [0.15, 0.2) is 158 Å². The van der Waals surface area contributed by atoms with Gasteiger partial charge in [0.15, 0.2) is 0 Å². The van der Waals surface area contributed by atoms with Crippen LogP contribution < -0.4 is 0 Å². The zero-order chi connectivity index (χ0) is 40.2. The molecule has 0 aliphatic carbocycles. The molecule has 0 aliphatic heterocycles. The first-order valence-corrected chi connectivity index (χ1v) is 27.7. The van der Waals surface area contributed by atoms with Gasteiger partial charge in [-0.3, -0.25) is 0 Å². The SMILES string of the molecule is C[Si]C.Cc1cc2c(-c3ccccc3C(C)C)c(-c3ccccc3)ccc2[cH-]1.Cc1cc2c(-c3ccccc3C(C)C)c(-c3ccccc3)ccc2[cH-]1.[Cl][Zr+2][Cl]. The molecule has 8 aromatic rings. The van der Waals surface area contributed by atoms with Gasteiger partial charge in [-0.25, -0.2) is 0 Å². The third-order valence-electron chi connectivity index (χ3n) is 9.94. The van der Waals surface area contributed by atoms with Gasteiger partial charge in [-0.05, 0) is 56.3 Å². The van der Waals surface area contributed by atoms with E-state index in [0.717, 1.165) is 9.52 Å². The molecule has 0 unspecified atom stereocenters. The van der Waals surface area contributed by atoms with Crippen LogP contribution in [0.4, 0.5) is 0 Å². The molecule has 0 spiro atoms. The molecule has 56 heavy (non-hydrogen) atoms. The van der Waals surface area contributed by atoms with Crippen LogP contribution >= 0.6 is 17.0 Å². The van der Waals surface area contributed by atoms with Crippen LogP contribution in [0.1, 0.15) is 61.8 Å². The van der Waals surface area contributed by atoms with Gasteiger partial charge >= 0.3 is 37.9 Å². The van der Waals surface area contributed by atoms with Crippen molar-refractivity contribution in [3.63, 3.8) is 0 Å². The molecule has 0 aliphatic rings.